The molecule has 2 aliphatic heterocycles. The molecule has 1 amide bonds. The molecule has 0 spiro atoms. The number of halogens is 2. The Labute approximate surface area is 207 Å². The van der Waals surface area contributed by atoms with Gasteiger partial charge < -0.3 is 10.2 Å². The molecule has 0 aliphatic carbocycles. The summed E-state index contributed by atoms with van der Waals surface area (Å²) in [5.74, 6) is 0.820. The number of rotatable bonds is 5. The van der Waals surface area contributed by atoms with E-state index in [1.54, 1.807) is 35.9 Å². The molecule has 1 fully saturated rings. The lowest BCUT2D eigenvalue weighted by atomic mass is 10.0. The SMILES string of the molecule is CC1CCCN1C/C=C/C(=O)N1CCc2c(sc3ncnc(Nc4ccc(Cl)c(Cl)c4)c23)C1. The Bertz CT molecular complexity index is 1230. The van der Waals surface area contributed by atoms with Crippen LogP contribution in [0.2, 0.25) is 10.0 Å². The van der Waals surface area contributed by atoms with Crippen LogP contribution in [-0.2, 0) is 17.8 Å². The van der Waals surface area contributed by atoms with Crippen LogP contribution in [0, 0.1) is 0 Å². The number of hydrogen-bond acceptors (Lipinski definition) is 6. The normalized spacial score (nSPS) is 18.9. The Morgan fingerprint density at radius 2 is 2.15 bits per heavy atom. The Kier molecular flexibility index (Phi) is 6.56. The highest BCUT2D eigenvalue weighted by molar-refractivity contribution is 7.19. The van der Waals surface area contributed by atoms with Gasteiger partial charge in [0.25, 0.3) is 0 Å². The van der Waals surface area contributed by atoms with Crippen LogP contribution in [0.3, 0.4) is 0 Å². The predicted molar refractivity (Wildman–Crippen MR) is 136 cm³/mol. The topological polar surface area (TPSA) is 61.4 Å². The summed E-state index contributed by atoms with van der Waals surface area (Å²) in [5.41, 5.74) is 2.03. The number of carbonyl (C=O) groups excluding carboxylic acids is 1. The Balaban J connectivity index is 1.32. The van der Waals surface area contributed by atoms with Gasteiger partial charge in [0.05, 0.1) is 22.0 Å². The molecule has 3 aromatic rings. The van der Waals surface area contributed by atoms with Crippen molar-refractivity contribution in [2.45, 2.75) is 38.8 Å². The van der Waals surface area contributed by atoms with Gasteiger partial charge in [0.15, 0.2) is 0 Å². The molecule has 33 heavy (non-hydrogen) atoms. The van der Waals surface area contributed by atoms with Crippen LogP contribution in [0.4, 0.5) is 11.5 Å². The lowest BCUT2D eigenvalue weighted by Gasteiger charge is -2.26. The molecule has 9 heteroatoms. The summed E-state index contributed by atoms with van der Waals surface area (Å²) in [7, 11) is 0. The first-order valence-electron chi connectivity index (χ1n) is 11.2. The molecule has 1 atom stereocenters. The third-order valence-corrected chi connectivity index (χ3v) is 8.29. The molecule has 0 saturated carbocycles. The standard InChI is InChI=1S/C24H25Cl2N5OS/c1-15-4-2-9-30(15)10-3-5-21(32)31-11-8-17-20(13-31)33-24-22(17)23(27-14-28-24)29-16-6-7-18(25)19(26)12-16/h3,5-7,12,14-15H,2,4,8-11,13H2,1H3,(H,27,28,29)/b5-3+. The van der Waals surface area contributed by atoms with E-state index < -0.39 is 0 Å². The van der Waals surface area contributed by atoms with E-state index in [1.807, 2.05) is 17.0 Å². The molecule has 5 rings (SSSR count). The molecule has 6 nitrogen and oxygen atoms in total. The molecule has 0 radical (unpaired) electrons. The Hall–Kier alpha value is -2.19. The van der Waals surface area contributed by atoms with Gasteiger partial charge in [-0.05, 0) is 56.5 Å². The van der Waals surface area contributed by atoms with Crippen LogP contribution < -0.4 is 5.32 Å². The Morgan fingerprint density at radius 3 is 2.94 bits per heavy atom. The third-order valence-electron chi connectivity index (χ3n) is 6.42. The molecule has 172 valence electrons. The third kappa shape index (κ3) is 4.73. The average molecular weight is 502 g/mol. The van der Waals surface area contributed by atoms with E-state index in [4.69, 9.17) is 23.2 Å². The van der Waals surface area contributed by atoms with Gasteiger partial charge >= 0.3 is 0 Å². The second-order valence-electron chi connectivity index (χ2n) is 8.56. The maximum atomic E-state index is 12.8. The largest absolute Gasteiger partial charge is 0.340 e. The number of nitrogens with zero attached hydrogens (tertiary/aromatic N) is 4. The summed E-state index contributed by atoms with van der Waals surface area (Å²) in [4.78, 5) is 28.2. The lowest BCUT2D eigenvalue weighted by Crippen LogP contribution is -2.34. The number of anilines is 2. The number of amides is 1. The number of thiophene rings is 1. The van der Waals surface area contributed by atoms with Crippen LogP contribution in [0.1, 0.15) is 30.2 Å². The first-order valence-corrected chi connectivity index (χ1v) is 12.7. The van der Waals surface area contributed by atoms with E-state index in [0.29, 0.717) is 29.2 Å². The van der Waals surface area contributed by atoms with Crippen molar-refractivity contribution in [2.75, 3.05) is 25.0 Å². The van der Waals surface area contributed by atoms with Crippen LogP contribution in [0.5, 0.6) is 0 Å². The number of nitrogens with one attached hydrogen (secondary N) is 1. The number of benzene rings is 1. The van der Waals surface area contributed by atoms with Crippen molar-refractivity contribution in [3.8, 4) is 0 Å². The predicted octanol–water partition coefficient (Wildman–Crippen LogP) is 5.67. The fourth-order valence-electron chi connectivity index (χ4n) is 4.58. The number of fused-ring (bicyclic) bond motifs is 3. The zero-order chi connectivity index (χ0) is 22.9. The fraction of sp³-hybridized carbons (Fsp3) is 0.375. The van der Waals surface area contributed by atoms with E-state index in [1.165, 1.54) is 23.3 Å². The molecule has 1 N–H and O–H groups in total. The first kappa shape index (κ1) is 22.6. The molecule has 1 saturated heterocycles. The van der Waals surface area contributed by atoms with Crippen LogP contribution in [0.25, 0.3) is 10.2 Å². The number of carbonyl (C=O) groups is 1. The van der Waals surface area contributed by atoms with E-state index in [0.717, 1.165) is 41.2 Å². The van der Waals surface area contributed by atoms with Gasteiger partial charge in [-0.1, -0.05) is 29.3 Å². The summed E-state index contributed by atoms with van der Waals surface area (Å²) in [6, 6.07) is 6.02. The van der Waals surface area contributed by atoms with Crippen LogP contribution >= 0.6 is 34.5 Å². The second kappa shape index (κ2) is 9.58. The summed E-state index contributed by atoms with van der Waals surface area (Å²) >= 11 is 13.8. The minimum Gasteiger partial charge on any atom is -0.340 e. The van der Waals surface area contributed by atoms with Gasteiger partial charge in [-0.25, -0.2) is 9.97 Å². The van der Waals surface area contributed by atoms with Crippen molar-refractivity contribution >= 4 is 62.2 Å². The van der Waals surface area contributed by atoms with Gasteiger partial charge in [0.2, 0.25) is 5.91 Å². The van der Waals surface area contributed by atoms with Crippen LogP contribution in [-0.4, -0.2) is 51.4 Å². The van der Waals surface area contributed by atoms with Crippen molar-refractivity contribution in [2.24, 2.45) is 0 Å². The monoisotopic (exact) mass is 501 g/mol. The average Bonchev–Trinajstić information content (AvgIpc) is 3.39. The molecular formula is C24H25Cl2N5OS. The number of likely N-dealkylation sites (tertiary alicyclic amines) is 1. The summed E-state index contributed by atoms with van der Waals surface area (Å²) in [6.07, 6.45) is 8.58. The van der Waals surface area contributed by atoms with E-state index in [9.17, 15) is 4.79 Å². The number of hydrogen-bond donors (Lipinski definition) is 1. The van der Waals surface area contributed by atoms with E-state index >= 15 is 0 Å². The van der Waals surface area contributed by atoms with E-state index in [-0.39, 0.29) is 5.91 Å². The summed E-state index contributed by atoms with van der Waals surface area (Å²) in [5, 5.41) is 5.38. The molecule has 4 heterocycles. The van der Waals surface area contributed by atoms with Crippen molar-refractivity contribution in [1.82, 2.24) is 19.8 Å². The minimum absolute atomic E-state index is 0.0743. The highest BCUT2D eigenvalue weighted by atomic mass is 35.5. The van der Waals surface area contributed by atoms with Gasteiger partial charge in [0.1, 0.15) is 17.0 Å². The first-order chi connectivity index (χ1) is 16.0. The molecule has 2 aliphatic rings. The van der Waals surface area contributed by atoms with Crippen molar-refractivity contribution in [3.05, 3.63) is 57.2 Å². The summed E-state index contributed by atoms with van der Waals surface area (Å²) < 4.78 is 0. The lowest BCUT2D eigenvalue weighted by molar-refractivity contribution is -0.126. The molecular weight excluding hydrogens is 477 g/mol. The Morgan fingerprint density at radius 1 is 1.27 bits per heavy atom. The van der Waals surface area contributed by atoms with E-state index in [2.05, 4.69) is 27.1 Å². The van der Waals surface area contributed by atoms with Crippen molar-refractivity contribution < 1.29 is 4.79 Å². The minimum atomic E-state index is 0.0743. The molecule has 2 aromatic heterocycles. The molecule has 1 aromatic carbocycles. The fourth-order valence-corrected chi connectivity index (χ4v) is 6.08. The zero-order valence-electron chi connectivity index (χ0n) is 18.4. The highest BCUT2D eigenvalue weighted by Gasteiger charge is 2.26. The van der Waals surface area contributed by atoms with Gasteiger partial charge in [-0.2, -0.15) is 0 Å². The van der Waals surface area contributed by atoms with Crippen LogP contribution in [0.15, 0.2) is 36.7 Å². The summed E-state index contributed by atoms with van der Waals surface area (Å²) in [6.45, 7) is 5.50. The second-order valence-corrected chi connectivity index (χ2v) is 10.5. The van der Waals surface area contributed by atoms with Crippen molar-refractivity contribution in [3.63, 3.8) is 0 Å². The molecule has 1 unspecified atom stereocenters. The smallest absolute Gasteiger partial charge is 0.246 e. The maximum Gasteiger partial charge on any atom is 0.246 e. The van der Waals surface area contributed by atoms with Gasteiger partial charge in [-0.15, -0.1) is 11.3 Å². The number of aromatic nitrogens is 2. The van der Waals surface area contributed by atoms with Gasteiger partial charge in [-0.3, -0.25) is 9.69 Å². The zero-order valence-corrected chi connectivity index (χ0v) is 20.7. The van der Waals surface area contributed by atoms with Crippen molar-refractivity contribution in [1.29, 1.82) is 0 Å². The van der Waals surface area contributed by atoms with Gasteiger partial charge in [0, 0.05) is 35.8 Å². The quantitative estimate of drug-likeness (QED) is 0.456. The maximum absolute atomic E-state index is 12.8. The molecule has 0 bridgehead atoms. The highest BCUT2D eigenvalue weighted by Crippen LogP contribution is 2.38.